The fourth-order valence-electron chi connectivity index (χ4n) is 1.51. The van der Waals surface area contributed by atoms with Crippen LogP contribution in [0.5, 0.6) is 11.5 Å². The SMILES string of the molecule is Cc1ccc(Br)cc1Oc1ccc(C(C)O)nc1. The molecule has 1 atom stereocenters. The average Bonchev–Trinajstić information content (AvgIpc) is 2.34. The van der Waals surface area contributed by atoms with Crippen LogP contribution in [-0.2, 0) is 0 Å². The molecule has 4 heteroatoms. The fraction of sp³-hybridized carbons (Fsp3) is 0.214. The summed E-state index contributed by atoms with van der Waals surface area (Å²) in [5.74, 6) is 1.44. The van der Waals surface area contributed by atoms with E-state index in [0.717, 1.165) is 15.8 Å². The predicted molar refractivity (Wildman–Crippen MR) is 73.8 cm³/mol. The van der Waals surface area contributed by atoms with E-state index >= 15 is 0 Å². The molecule has 3 nitrogen and oxygen atoms in total. The summed E-state index contributed by atoms with van der Waals surface area (Å²) in [6, 6.07) is 9.43. The molecule has 0 saturated carbocycles. The van der Waals surface area contributed by atoms with Crippen molar-refractivity contribution in [2.24, 2.45) is 0 Å². The van der Waals surface area contributed by atoms with Crippen LogP contribution in [0.25, 0.3) is 0 Å². The third-order valence-corrected chi connectivity index (χ3v) is 3.06. The van der Waals surface area contributed by atoms with E-state index < -0.39 is 6.10 Å². The molecular weight excluding hydrogens is 294 g/mol. The number of pyridine rings is 1. The van der Waals surface area contributed by atoms with Crippen LogP contribution in [0, 0.1) is 6.92 Å². The maximum Gasteiger partial charge on any atom is 0.145 e. The fourth-order valence-corrected chi connectivity index (χ4v) is 1.85. The molecule has 2 aromatic rings. The zero-order valence-corrected chi connectivity index (χ0v) is 11.8. The number of rotatable bonds is 3. The van der Waals surface area contributed by atoms with Crippen LogP contribution in [0.4, 0.5) is 0 Å². The second-order valence-corrected chi connectivity index (χ2v) is 5.02. The van der Waals surface area contributed by atoms with Crippen LogP contribution in [0.2, 0.25) is 0 Å². The first kappa shape index (κ1) is 13.1. The van der Waals surface area contributed by atoms with E-state index in [2.05, 4.69) is 20.9 Å². The molecule has 0 radical (unpaired) electrons. The molecule has 0 aliphatic rings. The Balaban J connectivity index is 2.21. The van der Waals surface area contributed by atoms with E-state index in [1.807, 2.05) is 25.1 Å². The van der Waals surface area contributed by atoms with Crippen molar-refractivity contribution in [2.45, 2.75) is 20.0 Å². The van der Waals surface area contributed by atoms with E-state index in [4.69, 9.17) is 4.74 Å². The Kier molecular flexibility index (Phi) is 3.99. The third kappa shape index (κ3) is 3.09. The molecule has 1 N–H and O–H groups in total. The largest absolute Gasteiger partial charge is 0.455 e. The lowest BCUT2D eigenvalue weighted by Crippen LogP contribution is -1.95. The summed E-state index contributed by atoms with van der Waals surface area (Å²) in [6.07, 6.45) is 1.05. The molecule has 0 aliphatic heterocycles. The van der Waals surface area contributed by atoms with E-state index in [0.29, 0.717) is 11.4 Å². The summed E-state index contributed by atoms with van der Waals surface area (Å²) < 4.78 is 6.72. The minimum Gasteiger partial charge on any atom is -0.455 e. The number of hydrogen-bond acceptors (Lipinski definition) is 3. The Morgan fingerprint density at radius 3 is 2.67 bits per heavy atom. The van der Waals surface area contributed by atoms with Crippen LogP contribution < -0.4 is 4.74 Å². The number of aliphatic hydroxyl groups excluding tert-OH is 1. The summed E-state index contributed by atoms with van der Waals surface area (Å²) in [5.41, 5.74) is 1.69. The quantitative estimate of drug-likeness (QED) is 0.932. The van der Waals surface area contributed by atoms with Crippen molar-refractivity contribution < 1.29 is 9.84 Å². The second kappa shape index (κ2) is 5.50. The predicted octanol–water partition coefficient (Wildman–Crippen LogP) is 4.00. The number of aromatic nitrogens is 1. The molecule has 18 heavy (non-hydrogen) atoms. The highest BCUT2D eigenvalue weighted by atomic mass is 79.9. The summed E-state index contributed by atoms with van der Waals surface area (Å²) in [7, 11) is 0. The Bertz CT molecular complexity index is 538. The van der Waals surface area contributed by atoms with Gasteiger partial charge in [0.05, 0.1) is 18.0 Å². The van der Waals surface area contributed by atoms with Gasteiger partial charge in [0.2, 0.25) is 0 Å². The molecule has 94 valence electrons. The van der Waals surface area contributed by atoms with Crippen LogP contribution in [-0.4, -0.2) is 10.1 Å². The van der Waals surface area contributed by atoms with Gasteiger partial charge in [-0.1, -0.05) is 22.0 Å². The standard InChI is InChI=1S/C14H14BrNO2/c1-9-3-4-11(15)7-14(9)18-12-5-6-13(10(2)17)16-8-12/h3-8,10,17H,1-2H3. The average molecular weight is 308 g/mol. The first-order valence-electron chi connectivity index (χ1n) is 5.64. The number of aliphatic hydroxyl groups is 1. The lowest BCUT2D eigenvalue weighted by Gasteiger charge is -2.10. The van der Waals surface area contributed by atoms with Crippen molar-refractivity contribution in [3.05, 3.63) is 52.3 Å². The van der Waals surface area contributed by atoms with E-state index in [-0.39, 0.29) is 0 Å². The van der Waals surface area contributed by atoms with Gasteiger partial charge in [-0.3, -0.25) is 4.98 Å². The molecule has 1 aromatic carbocycles. The Morgan fingerprint density at radius 2 is 2.06 bits per heavy atom. The van der Waals surface area contributed by atoms with Crippen molar-refractivity contribution in [3.8, 4) is 11.5 Å². The number of halogens is 1. The van der Waals surface area contributed by atoms with Gasteiger partial charge in [0.25, 0.3) is 0 Å². The Hall–Kier alpha value is -1.39. The van der Waals surface area contributed by atoms with Gasteiger partial charge in [0, 0.05) is 4.47 Å². The lowest BCUT2D eigenvalue weighted by atomic mass is 10.2. The molecule has 2 rings (SSSR count). The molecule has 1 aromatic heterocycles. The molecular formula is C14H14BrNO2. The number of nitrogens with zero attached hydrogens (tertiary/aromatic N) is 1. The van der Waals surface area contributed by atoms with Crippen LogP contribution in [0.15, 0.2) is 41.0 Å². The van der Waals surface area contributed by atoms with Gasteiger partial charge in [0.1, 0.15) is 11.5 Å². The van der Waals surface area contributed by atoms with Crippen molar-refractivity contribution in [1.82, 2.24) is 4.98 Å². The number of aryl methyl sites for hydroxylation is 1. The smallest absolute Gasteiger partial charge is 0.145 e. The van der Waals surface area contributed by atoms with Crippen LogP contribution >= 0.6 is 15.9 Å². The molecule has 0 amide bonds. The van der Waals surface area contributed by atoms with Gasteiger partial charge in [-0.2, -0.15) is 0 Å². The summed E-state index contributed by atoms with van der Waals surface area (Å²) in [6.45, 7) is 3.67. The highest BCUT2D eigenvalue weighted by Crippen LogP contribution is 2.28. The minimum atomic E-state index is -0.563. The maximum atomic E-state index is 9.38. The molecule has 0 spiro atoms. The molecule has 0 fully saturated rings. The molecule has 0 bridgehead atoms. The number of ether oxygens (including phenoxy) is 1. The lowest BCUT2D eigenvalue weighted by molar-refractivity contribution is 0.194. The highest BCUT2D eigenvalue weighted by Gasteiger charge is 2.05. The van der Waals surface area contributed by atoms with Crippen LogP contribution in [0.1, 0.15) is 24.3 Å². The van der Waals surface area contributed by atoms with Crippen molar-refractivity contribution in [3.63, 3.8) is 0 Å². The summed E-state index contributed by atoms with van der Waals surface area (Å²) in [4.78, 5) is 4.14. The van der Waals surface area contributed by atoms with Crippen molar-refractivity contribution >= 4 is 15.9 Å². The Morgan fingerprint density at radius 1 is 1.28 bits per heavy atom. The summed E-state index contributed by atoms with van der Waals surface area (Å²) in [5, 5.41) is 9.38. The first-order chi connectivity index (χ1) is 8.56. The maximum absolute atomic E-state index is 9.38. The Labute approximate surface area is 115 Å². The third-order valence-electron chi connectivity index (χ3n) is 2.57. The van der Waals surface area contributed by atoms with Gasteiger partial charge < -0.3 is 9.84 Å². The minimum absolute atomic E-state index is 0.563. The zero-order chi connectivity index (χ0) is 13.1. The van der Waals surface area contributed by atoms with E-state index in [9.17, 15) is 5.11 Å². The monoisotopic (exact) mass is 307 g/mol. The zero-order valence-electron chi connectivity index (χ0n) is 10.2. The van der Waals surface area contributed by atoms with Crippen molar-refractivity contribution in [2.75, 3.05) is 0 Å². The van der Waals surface area contributed by atoms with Gasteiger partial charge in [-0.15, -0.1) is 0 Å². The first-order valence-corrected chi connectivity index (χ1v) is 6.43. The van der Waals surface area contributed by atoms with Gasteiger partial charge in [0.15, 0.2) is 0 Å². The van der Waals surface area contributed by atoms with Gasteiger partial charge in [-0.25, -0.2) is 0 Å². The molecule has 1 unspecified atom stereocenters. The van der Waals surface area contributed by atoms with Crippen molar-refractivity contribution in [1.29, 1.82) is 0 Å². The van der Waals surface area contributed by atoms with Crippen LogP contribution in [0.3, 0.4) is 0 Å². The van der Waals surface area contributed by atoms with Gasteiger partial charge >= 0.3 is 0 Å². The van der Waals surface area contributed by atoms with E-state index in [1.165, 1.54) is 0 Å². The topological polar surface area (TPSA) is 42.4 Å². The summed E-state index contributed by atoms with van der Waals surface area (Å²) >= 11 is 3.41. The second-order valence-electron chi connectivity index (χ2n) is 4.11. The van der Waals surface area contributed by atoms with Gasteiger partial charge in [-0.05, 0) is 43.7 Å². The number of benzene rings is 1. The van der Waals surface area contributed by atoms with E-state index in [1.54, 1.807) is 25.3 Å². The molecule has 0 aliphatic carbocycles. The molecule has 0 saturated heterocycles. The molecule has 1 heterocycles. The highest BCUT2D eigenvalue weighted by molar-refractivity contribution is 9.10. The normalized spacial score (nSPS) is 12.2. The number of hydrogen-bond donors (Lipinski definition) is 1.